The van der Waals surface area contributed by atoms with Crippen molar-refractivity contribution in [2.75, 3.05) is 42.9 Å². The number of carbonyl (C=O) groups is 3. The van der Waals surface area contributed by atoms with E-state index in [1.165, 1.54) is 17.0 Å². The van der Waals surface area contributed by atoms with Gasteiger partial charge in [-0.15, -0.1) is 0 Å². The minimum absolute atomic E-state index is 0.0718. The van der Waals surface area contributed by atoms with Gasteiger partial charge in [0.05, 0.1) is 10.7 Å². The van der Waals surface area contributed by atoms with Crippen molar-refractivity contribution in [2.45, 2.75) is 26.4 Å². The summed E-state index contributed by atoms with van der Waals surface area (Å²) in [6, 6.07) is 19.9. The molecular formula is C30H33ClFN5O3. The molecule has 2 N–H and O–H groups in total. The second kappa shape index (κ2) is 13.3. The molecule has 1 fully saturated rings. The predicted molar refractivity (Wildman–Crippen MR) is 155 cm³/mol. The summed E-state index contributed by atoms with van der Waals surface area (Å²) in [5.74, 6) is -1.11. The fourth-order valence-electron chi connectivity index (χ4n) is 4.45. The van der Waals surface area contributed by atoms with Crippen molar-refractivity contribution in [3.8, 4) is 0 Å². The molecular weight excluding hydrogens is 533 g/mol. The van der Waals surface area contributed by atoms with E-state index < -0.39 is 5.91 Å². The Morgan fingerprint density at radius 1 is 0.950 bits per heavy atom. The molecule has 0 radical (unpaired) electrons. The van der Waals surface area contributed by atoms with Gasteiger partial charge >= 0.3 is 6.03 Å². The highest BCUT2D eigenvalue weighted by Gasteiger charge is 2.23. The van der Waals surface area contributed by atoms with Crippen molar-refractivity contribution in [1.82, 2.24) is 15.1 Å². The van der Waals surface area contributed by atoms with Crippen molar-refractivity contribution >= 4 is 40.8 Å². The summed E-state index contributed by atoms with van der Waals surface area (Å²) >= 11 is 6.42. The van der Waals surface area contributed by atoms with Gasteiger partial charge in [-0.25, -0.2) is 9.18 Å². The number of nitrogens with zero attached hydrogens (tertiary/aromatic N) is 3. The summed E-state index contributed by atoms with van der Waals surface area (Å²) in [5, 5.41) is 6.13. The Morgan fingerprint density at radius 3 is 2.27 bits per heavy atom. The third-order valence-electron chi connectivity index (χ3n) is 6.50. The zero-order chi connectivity index (χ0) is 28.6. The lowest BCUT2D eigenvalue weighted by Gasteiger charge is -2.36. The molecule has 10 heteroatoms. The molecule has 0 spiro atoms. The minimum atomic E-state index is -0.416. The average Bonchev–Trinajstić information content (AvgIpc) is 2.95. The number of amides is 4. The standard InChI is InChI=1S/C30H33ClFN5O3/c1-21(2)33-30(40)36-16-14-35(15-17-36)25-12-13-26(31)27(18-25)34-28(38)20-37(19-22-8-10-24(32)11-9-22)29(39)23-6-4-3-5-7-23/h3-13,18,21H,14-17,19-20H2,1-2H3,(H,33,40)(H,34,38). The van der Waals surface area contributed by atoms with Crippen molar-refractivity contribution in [2.24, 2.45) is 0 Å². The van der Waals surface area contributed by atoms with E-state index in [4.69, 9.17) is 11.6 Å². The maximum Gasteiger partial charge on any atom is 0.317 e. The van der Waals surface area contributed by atoms with E-state index in [0.717, 1.165) is 5.69 Å². The van der Waals surface area contributed by atoms with E-state index in [0.29, 0.717) is 48.0 Å². The summed E-state index contributed by atoms with van der Waals surface area (Å²) in [5.41, 5.74) is 2.43. The summed E-state index contributed by atoms with van der Waals surface area (Å²) in [6.45, 7) is 6.18. The number of benzene rings is 3. The van der Waals surface area contributed by atoms with E-state index in [1.807, 2.05) is 26.0 Å². The molecule has 210 valence electrons. The number of nitrogens with one attached hydrogen (secondary N) is 2. The van der Waals surface area contributed by atoms with Crippen LogP contribution in [0.3, 0.4) is 0 Å². The van der Waals surface area contributed by atoms with Crippen LogP contribution in [0.4, 0.5) is 20.6 Å². The maximum atomic E-state index is 13.4. The molecule has 0 saturated carbocycles. The van der Waals surface area contributed by atoms with Crippen LogP contribution in [0.25, 0.3) is 0 Å². The van der Waals surface area contributed by atoms with E-state index >= 15 is 0 Å². The Kier molecular flexibility index (Phi) is 9.60. The highest BCUT2D eigenvalue weighted by atomic mass is 35.5. The molecule has 4 rings (SSSR count). The van der Waals surface area contributed by atoms with Crippen LogP contribution in [0.1, 0.15) is 29.8 Å². The fraction of sp³-hybridized carbons (Fsp3) is 0.300. The number of anilines is 2. The molecule has 40 heavy (non-hydrogen) atoms. The Balaban J connectivity index is 1.44. The monoisotopic (exact) mass is 565 g/mol. The number of hydrogen-bond acceptors (Lipinski definition) is 4. The van der Waals surface area contributed by atoms with Gasteiger partial charge in [0.2, 0.25) is 5.91 Å². The molecule has 8 nitrogen and oxygen atoms in total. The van der Waals surface area contributed by atoms with Crippen LogP contribution >= 0.6 is 11.6 Å². The van der Waals surface area contributed by atoms with E-state index in [1.54, 1.807) is 53.4 Å². The zero-order valence-electron chi connectivity index (χ0n) is 22.6. The fourth-order valence-corrected chi connectivity index (χ4v) is 4.61. The predicted octanol–water partition coefficient (Wildman–Crippen LogP) is 5.00. The molecule has 1 saturated heterocycles. The second-order valence-corrected chi connectivity index (χ2v) is 10.4. The molecule has 3 aromatic carbocycles. The lowest BCUT2D eigenvalue weighted by atomic mass is 10.1. The number of piperazine rings is 1. The first kappa shape index (κ1) is 28.9. The maximum absolute atomic E-state index is 13.4. The Labute approximate surface area is 238 Å². The molecule has 0 unspecified atom stereocenters. The van der Waals surface area contributed by atoms with Crippen LogP contribution in [0, 0.1) is 5.82 Å². The molecule has 1 aliphatic heterocycles. The number of hydrogen-bond donors (Lipinski definition) is 2. The third kappa shape index (κ3) is 7.72. The quantitative estimate of drug-likeness (QED) is 0.402. The van der Waals surface area contributed by atoms with Crippen LogP contribution in [-0.2, 0) is 11.3 Å². The molecule has 3 aromatic rings. The number of urea groups is 1. The first-order valence-electron chi connectivity index (χ1n) is 13.2. The van der Waals surface area contributed by atoms with Gasteiger partial charge in [-0.3, -0.25) is 9.59 Å². The normalized spacial score (nSPS) is 13.2. The van der Waals surface area contributed by atoms with E-state index in [-0.39, 0.29) is 36.9 Å². The lowest BCUT2D eigenvalue weighted by Crippen LogP contribution is -2.52. The average molecular weight is 566 g/mol. The molecule has 0 aliphatic carbocycles. The highest BCUT2D eigenvalue weighted by molar-refractivity contribution is 6.33. The molecule has 1 heterocycles. The lowest BCUT2D eigenvalue weighted by molar-refractivity contribution is -0.117. The number of halogens is 2. The molecule has 0 bridgehead atoms. The summed E-state index contributed by atoms with van der Waals surface area (Å²) in [4.78, 5) is 44.1. The topological polar surface area (TPSA) is 85.0 Å². The van der Waals surface area contributed by atoms with Crippen LogP contribution < -0.4 is 15.5 Å². The summed E-state index contributed by atoms with van der Waals surface area (Å²) in [6.07, 6.45) is 0. The minimum Gasteiger partial charge on any atom is -0.368 e. The first-order valence-corrected chi connectivity index (χ1v) is 13.6. The van der Waals surface area contributed by atoms with Gasteiger partial charge in [0.15, 0.2) is 0 Å². The van der Waals surface area contributed by atoms with Gasteiger partial charge in [-0.2, -0.15) is 0 Å². The van der Waals surface area contributed by atoms with Crippen LogP contribution in [-0.4, -0.2) is 66.4 Å². The number of rotatable bonds is 8. The van der Waals surface area contributed by atoms with Crippen molar-refractivity contribution in [3.63, 3.8) is 0 Å². The van der Waals surface area contributed by atoms with E-state index in [9.17, 15) is 18.8 Å². The third-order valence-corrected chi connectivity index (χ3v) is 6.83. The van der Waals surface area contributed by atoms with Gasteiger partial charge in [0, 0.05) is 50.0 Å². The SMILES string of the molecule is CC(C)NC(=O)N1CCN(c2ccc(Cl)c(NC(=O)CN(Cc3ccc(F)cc3)C(=O)c3ccccc3)c2)CC1. The molecule has 4 amide bonds. The molecule has 1 aliphatic rings. The second-order valence-electron chi connectivity index (χ2n) is 9.94. The Morgan fingerprint density at radius 2 is 1.62 bits per heavy atom. The van der Waals surface area contributed by atoms with Crippen LogP contribution in [0.5, 0.6) is 0 Å². The summed E-state index contributed by atoms with van der Waals surface area (Å²) in [7, 11) is 0. The van der Waals surface area contributed by atoms with Gasteiger partial charge in [-0.05, 0) is 61.9 Å². The van der Waals surface area contributed by atoms with Crippen molar-refractivity contribution in [1.29, 1.82) is 0 Å². The highest BCUT2D eigenvalue weighted by Crippen LogP contribution is 2.28. The van der Waals surface area contributed by atoms with Crippen molar-refractivity contribution < 1.29 is 18.8 Å². The van der Waals surface area contributed by atoms with E-state index in [2.05, 4.69) is 15.5 Å². The van der Waals surface area contributed by atoms with Crippen LogP contribution in [0.2, 0.25) is 5.02 Å². The Hall–Kier alpha value is -4.11. The zero-order valence-corrected chi connectivity index (χ0v) is 23.3. The summed E-state index contributed by atoms with van der Waals surface area (Å²) < 4.78 is 13.4. The Bertz CT molecular complexity index is 1330. The molecule has 0 aromatic heterocycles. The first-order chi connectivity index (χ1) is 19.2. The largest absolute Gasteiger partial charge is 0.368 e. The van der Waals surface area contributed by atoms with Crippen molar-refractivity contribution in [3.05, 3.63) is 94.8 Å². The van der Waals surface area contributed by atoms with Gasteiger partial charge in [0.1, 0.15) is 12.4 Å². The van der Waals surface area contributed by atoms with Crippen LogP contribution in [0.15, 0.2) is 72.8 Å². The smallest absolute Gasteiger partial charge is 0.317 e. The van der Waals surface area contributed by atoms with Gasteiger partial charge in [-0.1, -0.05) is 41.9 Å². The van der Waals surface area contributed by atoms with Gasteiger partial charge < -0.3 is 25.3 Å². The van der Waals surface area contributed by atoms with Gasteiger partial charge in [0.25, 0.3) is 5.91 Å². The number of carbonyl (C=O) groups excluding carboxylic acids is 3. The molecule has 0 atom stereocenters.